The van der Waals surface area contributed by atoms with Gasteiger partial charge in [-0.3, -0.25) is 0 Å². The Morgan fingerprint density at radius 2 is 2.00 bits per heavy atom. The van der Waals surface area contributed by atoms with Crippen molar-refractivity contribution >= 4 is 15.7 Å². The van der Waals surface area contributed by atoms with Gasteiger partial charge < -0.3 is 5.73 Å². The van der Waals surface area contributed by atoms with E-state index in [2.05, 4.69) is 0 Å². The van der Waals surface area contributed by atoms with Crippen LogP contribution in [0.1, 0.15) is 24.8 Å². The van der Waals surface area contributed by atoms with Crippen LogP contribution in [0.3, 0.4) is 0 Å². The molecule has 2 rings (SSSR count). The Morgan fingerprint density at radius 3 is 2.56 bits per heavy atom. The zero-order chi connectivity index (χ0) is 13.2. The minimum atomic E-state index is -3.25. The molecule has 0 saturated heterocycles. The molecule has 1 aromatic carbocycles. The highest BCUT2D eigenvalue weighted by Crippen LogP contribution is 2.28. The van der Waals surface area contributed by atoms with Crippen molar-refractivity contribution in [1.29, 1.82) is 0 Å². The van der Waals surface area contributed by atoms with E-state index in [0.717, 1.165) is 12.8 Å². The topological polar surface area (TPSA) is 63.4 Å². The molecule has 0 amide bonds. The van der Waals surface area contributed by atoms with Gasteiger partial charge in [0.05, 0.1) is 5.75 Å². The molecule has 1 aromatic rings. The van der Waals surface area contributed by atoms with Crippen LogP contribution < -0.4 is 5.73 Å². The number of hydrogen-bond acceptors (Lipinski definition) is 3. The van der Waals surface area contributed by atoms with Crippen LogP contribution in [-0.4, -0.2) is 26.3 Å². The van der Waals surface area contributed by atoms with E-state index in [9.17, 15) is 8.42 Å². The molecule has 0 heterocycles. The van der Waals surface area contributed by atoms with Crippen LogP contribution in [0.2, 0.25) is 0 Å². The van der Waals surface area contributed by atoms with Crippen LogP contribution in [0, 0.1) is 5.92 Å². The molecule has 0 aromatic heterocycles. The van der Waals surface area contributed by atoms with Gasteiger partial charge in [0.1, 0.15) is 0 Å². The summed E-state index contributed by atoms with van der Waals surface area (Å²) in [7, 11) is -1.59. The van der Waals surface area contributed by atoms with Crippen LogP contribution in [0.15, 0.2) is 24.3 Å². The quantitative estimate of drug-likeness (QED) is 0.829. The fraction of sp³-hybridized carbons (Fsp3) is 0.538. The molecule has 1 saturated carbocycles. The maximum absolute atomic E-state index is 12.2. The first-order valence-corrected chi connectivity index (χ1v) is 7.87. The van der Waals surface area contributed by atoms with E-state index >= 15 is 0 Å². The Balaban J connectivity index is 2.04. The van der Waals surface area contributed by atoms with Crippen LogP contribution in [0.4, 0.5) is 5.69 Å². The van der Waals surface area contributed by atoms with E-state index in [0.29, 0.717) is 23.7 Å². The molecule has 1 aliphatic rings. The summed E-state index contributed by atoms with van der Waals surface area (Å²) < 4.78 is 25.9. The van der Waals surface area contributed by atoms with Crippen LogP contribution >= 0.6 is 0 Å². The molecular formula is C13H20N2O2S. The molecule has 5 heteroatoms. The van der Waals surface area contributed by atoms with Crippen molar-refractivity contribution in [2.45, 2.75) is 25.0 Å². The summed E-state index contributed by atoms with van der Waals surface area (Å²) in [6, 6.07) is 7.12. The lowest BCUT2D eigenvalue weighted by molar-refractivity contribution is 0.263. The Labute approximate surface area is 109 Å². The summed E-state index contributed by atoms with van der Waals surface area (Å²) in [6.07, 6.45) is 3.52. The van der Waals surface area contributed by atoms with Gasteiger partial charge in [-0.25, -0.2) is 12.7 Å². The maximum Gasteiger partial charge on any atom is 0.218 e. The van der Waals surface area contributed by atoms with Gasteiger partial charge in [-0.15, -0.1) is 0 Å². The predicted molar refractivity (Wildman–Crippen MR) is 73.4 cm³/mol. The van der Waals surface area contributed by atoms with E-state index in [4.69, 9.17) is 5.73 Å². The average Bonchev–Trinajstić information content (AvgIpc) is 2.26. The first-order chi connectivity index (χ1) is 8.49. The van der Waals surface area contributed by atoms with E-state index in [1.807, 2.05) is 12.1 Å². The summed E-state index contributed by atoms with van der Waals surface area (Å²) in [6.45, 7) is 0.634. The molecule has 0 aliphatic heterocycles. The van der Waals surface area contributed by atoms with Crippen molar-refractivity contribution in [3.8, 4) is 0 Å². The molecule has 100 valence electrons. The number of nitrogens with zero attached hydrogens (tertiary/aromatic N) is 1. The second kappa shape index (κ2) is 5.28. The lowest BCUT2D eigenvalue weighted by Gasteiger charge is -2.29. The zero-order valence-electron chi connectivity index (χ0n) is 10.7. The smallest absolute Gasteiger partial charge is 0.218 e. The Hall–Kier alpha value is -1.07. The standard InChI is InChI=1S/C13H20N2O2S/c1-15(9-11-5-4-6-11)18(16,17)10-12-7-2-3-8-13(12)14/h2-3,7-8,11H,4-6,9-10,14H2,1H3. The number of anilines is 1. The molecule has 0 radical (unpaired) electrons. The third kappa shape index (κ3) is 3.03. The predicted octanol–water partition coefficient (Wildman–Crippen LogP) is 1.83. The second-order valence-electron chi connectivity index (χ2n) is 5.03. The fourth-order valence-corrected chi connectivity index (χ4v) is 3.44. The van der Waals surface area contributed by atoms with Crippen LogP contribution in [0.25, 0.3) is 0 Å². The summed E-state index contributed by atoms with van der Waals surface area (Å²) in [5.41, 5.74) is 7.00. The van der Waals surface area contributed by atoms with Gasteiger partial charge >= 0.3 is 0 Å². The van der Waals surface area contributed by atoms with Crippen LogP contribution in [0.5, 0.6) is 0 Å². The Bertz CT molecular complexity index is 509. The summed E-state index contributed by atoms with van der Waals surface area (Å²) in [4.78, 5) is 0. The van der Waals surface area contributed by atoms with Gasteiger partial charge in [-0.1, -0.05) is 24.6 Å². The molecule has 18 heavy (non-hydrogen) atoms. The number of nitrogen functional groups attached to an aromatic ring is 1. The third-order valence-corrected chi connectivity index (χ3v) is 5.38. The Kier molecular flexibility index (Phi) is 3.92. The molecular weight excluding hydrogens is 248 g/mol. The second-order valence-corrected chi connectivity index (χ2v) is 7.11. The number of hydrogen-bond donors (Lipinski definition) is 1. The van der Waals surface area contributed by atoms with E-state index in [-0.39, 0.29) is 5.75 Å². The highest BCUT2D eigenvalue weighted by atomic mass is 32.2. The minimum absolute atomic E-state index is 0.0110. The molecule has 0 unspecified atom stereocenters. The van der Waals surface area contributed by atoms with Crippen molar-refractivity contribution in [3.05, 3.63) is 29.8 Å². The Morgan fingerprint density at radius 1 is 1.33 bits per heavy atom. The number of sulfonamides is 1. The molecule has 1 aliphatic carbocycles. The summed E-state index contributed by atoms with van der Waals surface area (Å²) in [5.74, 6) is 0.529. The van der Waals surface area contributed by atoms with E-state index in [1.54, 1.807) is 19.2 Å². The van der Waals surface area contributed by atoms with E-state index in [1.165, 1.54) is 10.7 Å². The van der Waals surface area contributed by atoms with E-state index < -0.39 is 10.0 Å². The number of benzene rings is 1. The molecule has 1 fully saturated rings. The van der Waals surface area contributed by atoms with Crippen molar-refractivity contribution < 1.29 is 8.42 Å². The van der Waals surface area contributed by atoms with Crippen molar-refractivity contribution in [2.24, 2.45) is 5.92 Å². The SMILES string of the molecule is CN(CC1CCC1)S(=O)(=O)Cc1ccccc1N. The summed E-state index contributed by atoms with van der Waals surface area (Å²) in [5, 5.41) is 0. The average molecular weight is 268 g/mol. The zero-order valence-corrected chi connectivity index (χ0v) is 11.5. The largest absolute Gasteiger partial charge is 0.398 e. The van der Waals surface area contributed by atoms with Crippen LogP contribution in [-0.2, 0) is 15.8 Å². The van der Waals surface area contributed by atoms with Crippen molar-refractivity contribution in [3.63, 3.8) is 0 Å². The van der Waals surface area contributed by atoms with Crippen molar-refractivity contribution in [2.75, 3.05) is 19.3 Å². The molecule has 0 atom stereocenters. The first-order valence-electron chi connectivity index (χ1n) is 6.26. The molecule has 0 spiro atoms. The maximum atomic E-state index is 12.2. The van der Waals surface area contributed by atoms with Gasteiger partial charge in [-0.05, 0) is 30.4 Å². The fourth-order valence-electron chi connectivity index (χ4n) is 2.12. The third-order valence-electron chi connectivity index (χ3n) is 3.61. The van der Waals surface area contributed by atoms with Gasteiger partial charge in [0, 0.05) is 19.3 Å². The highest BCUT2D eigenvalue weighted by molar-refractivity contribution is 7.88. The highest BCUT2D eigenvalue weighted by Gasteiger charge is 2.25. The van der Waals surface area contributed by atoms with Gasteiger partial charge in [0.25, 0.3) is 0 Å². The normalized spacial score (nSPS) is 16.8. The molecule has 0 bridgehead atoms. The van der Waals surface area contributed by atoms with Gasteiger partial charge in [0.2, 0.25) is 10.0 Å². The molecule has 2 N–H and O–H groups in total. The van der Waals surface area contributed by atoms with Crippen molar-refractivity contribution in [1.82, 2.24) is 4.31 Å². The number of para-hydroxylation sites is 1. The lowest BCUT2D eigenvalue weighted by Crippen LogP contribution is -2.35. The monoisotopic (exact) mass is 268 g/mol. The van der Waals surface area contributed by atoms with Gasteiger partial charge in [-0.2, -0.15) is 0 Å². The van der Waals surface area contributed by atoms with Gasteiger partial charge in [0.15, 0.2) is 0 Å². The number of nitrogens with two attached hydrogens (primary N) is 1. The molecule has 4 nitrogen and oxygen atoms in total. The summed E-state index contributed by atoms with van der Waals surface area (Å²) >= 11 is 0. The lowest BCUT2D eigenvalue weighted by atomic mass is 9.86. The minimum Gasteiger partial charge on any atom is -0.398 e. The first kappa shape index (κ1) is 13.4. The number of rotatable bonds is 5.